The fourth-order valence-electron chi connectivity index (χ4n) is 2.14. The summed E-state index contributed by atoms with van der Waals surface area (Å²) in [5.74, 6) is 0. The lowest BCUT2D eigenvalue weighted by atomic mass is 10.1. The monoisotopic (exact) mass is 218 g/mol. The third-order valence-electron chi connectivity index (χ3n) is 3.30. The van der Waals surface area contributed by atoms with E-state index in [1.165, 1.54) is 36.9 Å². The van der Waals surface area contributed by atoms with E-state index in [2.05, 4.69) is 36.9 Å². The molecule has 0 atom stereocenters. The molecule has 88 valence electrons. The zero-order valence-corrected chi connectivity index (χ0v) is 10.4. The summed E-state index contributed by atoms with van der Waals surface area (Å²) in [6.07, 6.45) is 3.99. The van der Waals surface area contributed by atoms with Gasteiger partial charge in [-0.2, -0.15) is 0 Å². The van der Waals surface area contributed by atoms with E-state index >= 15 is 0 Å². The molecule has 0 amide bonds. The largest absolute Gasteiger partial charge is 0.399 e. The first-order valence-electron chi connectivity index (χ1n) is 6.29. The zero-order valence-electron chi connectivity index (χ0n) is 10.4. The van der Waals surface area contributed by atoms with E-state index < -0.39 is 0 Å². The van der Waals surface area contributed by atoms with Gasteiger partial charge < -0.3 is 5.73 Å². The molecule has 2 nitrogen and oxygen atoms in total. The van der Waals surface area contributed by atoms with Crippen molar-refractivity contribution in [3.05, 3.63) is 29.3 Å². The van der Waals surface area contributed by atoms with Crippen LogP contribution in [0.3, 0.4) is 0 Å². The molecule has 0 bridgehead atoms. The number of anilines is 1. The molecule has 0 unspecified atom stereocenters. The van der Waals surface area contributed by atoms with Crippen molar-refractivity contribution < 1.29 is 0 Å². The average Bonchev–Trinajstić information content (AvgIpc) is 3.06. The Bertz CT molecular complexity index is 356. The molecule has 1 aliphatic rings. The number of hydrogen-bond acceptors (Lipinski definition) is 2. The van der Waals surface area contributed by atoms with Gasteiger partial charge in [-0.25, -0.2) is 0 Å². The molecule has 1 aliphatic carbocycles. The van der Waals surface area contributed by atoms with Gasteiger partial charge in [0.2, 0.25) is 0 Å². The maximum atomic E-state index is 5.94. The fraction of sp³-hybridized carbons (Fsp3) is 0.571. The predicted octanol–water partition coefficient (Wildman–Crippen LogP) is 2.95. The molecule has 2 rings (SSSR count). The van der Waals surface area contributed by atoms with Gasteiger partial charge in [0.25, 0.3) is 0 Å². The number of nitrogens with two attached hydrogens (primary N) is 1. The van der Waals surface area contributed by atoms with Crippen LogP contribution in [0.4, 0.5) is 5.69 Å². The molecule has 2 N–H and O–H groups in total. The molecule has 0 radical (unpaired) electrons. The number of aryl methyl sites for hydroxylation is 1. The lowest BCUT2D eigenvalue weighted by Gasteiger charge is -2.21. The first-order chi connectivity index (χ1) is 7.70. The highest BCUT2D eigenvalue weighted by Gasteiger charge is 2.28. The van der Waals surface area contributed by atoms with Crippen molar-refractivity contribution in [2.45, 2.75) is 45.7 Å². The van der Waals surface area contributed by atoms with Gasteiger partial charge in [0.1, 0.15) is 0 Å². The molecule has 0 aliphatic heterocycles. The van der Waals surface area contributed by atoms with E-state index in [1.807, 2.05) is 0 Å². The molecule has 1 aromatic carbocycles. The van der Waals surface area contributed by atoms with Crippen molar-refractivity contribution in [2.75, 3.05) is 12.3 Å². The molecule has 0 aromatic heterocycles. The minimum absolute atomic E-state index is 0.836. The van der Waals surface area contributed by atoms with Gasteiger partial charge in [-0.3, -0.25) is 4.90 Å². The Hall–Kier alpha value is -1.02. The van der Waals surface area contributed by atoms with Crippen LogP contribution in [0, 0.1) is 6.92 Å². The zero-order chi connectivity index (χ0) is 11.5. The summed E-state index contributed by atoms with van der Waals surface area (Å²) < 4.78 is 0. The normalized spacial score (nSPS) is 15.7. The van der Waals surface area contributed by atoms with Gasteiger partial charge in [0.15, 0.2) is 0 Å². The summed E-state index contributed by atoms with van der Waals surface area (Å²) in [5, 5.41) is 0. The first-order valence-corrected chi connectivity index (χ1v) is 6.29. The number of nitrogens with zero attached hydrogens (tertiary/aromatic N) is 1. The molecule has 1 fully saturated rings. The van der Waals surface area contributed by atoms with E-state index in [-0.39, 0.29) is 0 Å². The van der Waals surface area contributed by atoms with Crippen molar-refractivity contribution in [3.8, 4) is 0 Å². The molecule has 2 heteroatoms. The van der Waals surface area contributed by atoms with Crippen LogP contribution < -0.4 is 5.73 Å². The Morgan fingerprint density at radius 3 is 2.69 bits per heavy atom. The summed E-state index contributed by atoms with van der Waals surface area (Å²) in [4.78, 5) is 2.59. The summed E-state index contributed by atoms with van der Waals surface area (Å²) in [6, 6.07) is 7.29. The second kappa shape index (κ2) is 4.88. The Morgan fingerprint density at radius 2 is 2.12 bits per heavy atom. The molecule has 1 aromatic rings. The van der Waals surface area contributed by atoms with Gasteiger partial charge in [-0.15, -0.1) is 0 Å². The summed E-state index contributed by atoms with van der Waals surface area (Å²) >= 11 is 0. The molecular weight excluding hydrogens is 196 g/mol. The third kappa shape index (κ3) is 2.76. The van der Waals surface area contributed by atoms with Crippen molar-refractivity contribution >= 4 is 5.69 Å². The maximum absolute atomic E-state index is 5.94. The van der Waals surface area contributed by atoms with Crippen LogP contribution in [-0.2, 0) is 6.54 Å². The predicted molar refractivity (Wildman–Crippen MR) is 69.3 cm³/mol. The minimum atomic E-state index is 0.836. The van der Waals surface area contributed by atoms with E-state index in [4.69, 9.17) is 5.73 Å². The Balaban J connectivity index is 2.03. The molecule has 0 saturated heterocycles. The highest BCUT2D eigenvalue weighted by Crippen LogP contribution is 2.28. The number of benzene rings is 1. The molecule has 0 spiro atoms. The number of hydrogen-bond donors (Lipinski definition) is 1. The SMILES string of the molecule is CCCN(Cc1ccc(C)c(N)c1)C1CC1. The average molecular weight is 218 g/mol. The fourth-order valence-corrected chi connectivity index (χ4v) is 2.14. The van der Waals surface area contributed by atoms with Gasteiger partial charge in [-0.1, -0.05) is 19.1 Å². The lowest BCUT2D eigenvalue weighted by Crippen LogP contribution is -2.26. The van der Waals surface area contributed by atoms with Crippen molar-refractivity contribution in [1.29, 1.82) is 0 Å². The van der Waals surface area contributed by atoms with Crippen LogP contribution in [0.15, 0.2) is 18.2 Å². The van der Waals surface area contributed by atoms with Crippen LogP contribution in [0.25, 0.3) is 0 Å². The highest BCUT2D eigenvalue weighted by atomic mass is 15.2. The van der Waals surface area contributed by atoms with E-state index in [9.17, 15) is 0 Å². The molecule has 0 heterocycles. The second-order valence-corrected chi connectivity index (χ2v) is 4.89. The topological polar surface area (TPSA) is 29.3 Å². The third-order valence-corrected chi connectivity index (χ3v) is 3.30. The molecule has 1 saturated carbocycles. The molecule has 16 heavy (non-hydrogen) atoms. The van der Waals surface area contributed by atoms with Crippen LogP contribution in [0.5, 0.6) is 0 Å². The smallest absolute Gasteiger partial charge is 0.0346 e. The number of nitrogen functional groups attached to an aromatic ring is 1. The maximum Gasteiger partial charge on any atom is 0.0346 e. The quantitative estimate of drug-likeness (QED) is 0.770. The van der Waals surface area contributed by atoms with E-state index in [0.717, 1.165) is 18.3 Å². The highest BCUT2D eigenvalue weighted by molar-refractivity contribution is 5.48. The summed E-state index contributed by atoms with van der Waals surface area (Å²) in [6.45, 7) is 6.57. The summed E-state index contributed by atoms with van der Waals surface area (Å²) in [5.41, 5.74) is 9.39. The van der Waals surface area contributed by atoms with E-state index in [0.29, 0.717) is 0 Å². The van der Waals surface area contributed by atoms with Crippen molar-refractivity contribution in [1.82, 2.24) is 4.90 Å². The minimum Gasteiger partial charge on any atom is -0.399 e. The Morgan fingerprint density at radius 1 is 1.38 bits per heavy atom. The van der Waals surface area contributed by atoms with Crippen LogP contribution >= 0.6 is 0 Å². The van der Waals surface area contributed by atoms with Gasteiger partial charge >= 0.3 is 0 Å². The van der Waals surface area contributed by atoms with Crippen LogP contribution in [-0.4, -0.2) is 17.5 Å². The lowest BCUT2D eigenvalue weighted by molar-refractivity contribution is 0.255. The second-order valence-electron chi connectivity index (χ2n) is 4.89. The Kier molecular flexibility index (Phi) is 3.49. The summed E-state index contributed by atoms with van der Waals surface area (Å²) in [7, 11) is 0. The Labute approximate surface area is 98.4 Å². The van der Waals surface area contributed by atoms with Crippen molar-refractivity contribution in [3.63, 3.8) is 0 Å². The van der Waals surface area contributed by atoms with Crippen molar-refractivity contribution in [2.24, 2.45) is 0 Å². The number of rotatable bonds is 5. The molecular formula is C14H22N2. The van der Waals surface area contributed by atoms with Gasteiger partial charge in [-0.05, 0) is 49.9 Å². The van der Waals surface area contributed by atoms with Crippen LogP contribution in [0.1, 0.15) is 37.3 Å². The van der Waals surface area contributed by atoms with Crippen LogP contribution in [0.2, 0.25) is 0 Å². The van der Waals surface area contributed by atoms with Gasteiger partial charge in [0.05, 0.1) is 0 Å². The van der Waals surface area contributed by atoms with E-state index in [1.54, 1.807) is 0 Å². The van der Waals surface area contributed by atoms with Gasteiger partial charge in [0, 0.05) is 18.3 Å². The first kappa shape index (κ1) is 11.5. The standard InChI is InChI=1S/C14H22N2/c1-3-8-16(13-6-7-13)10-12-5-4-11(2)14(15)9-12/h4-5,9,13H,3,6-8,10,15H2,1-2H3.